The minimum absolute atomic E-state index is 0.0116. The van der Waals surface area contributed by atoms with Gasteiger partial charge in [0.1, 0.15) is 6.10 Å². The van der Waals surface area contributed by atoms with Gasteiger partial charge < -0.3 is 19.3 Å². The standard InChI is InChI=1S/C23H34O5/c1-14(24)28-16-4-7-21(2)15(12-16)13-19(25)20-17(21)5-8-22(3)18(20)6-9-23(22)26-10-11-27-23/h13,16-20,25H,4-12H2,1-3H3/t16-,17+,18+,19-,20-,21+,22+/m1/s1. The van der Waals surface area contributed by atoms with Crippen molar-refractivity contribution in [1.29, 1.82) is 0 Å². The number of carbonyl (C=O) groups is 1. The van der Waals surface area contributed by atoms with E-state index in [1.54, 1.807) is 0 Å². The third kappa shape index (κ3) is 2.45. The van der Waals surface area contributed by atoms with E-state index < -0.39 is 11.9 Å². The van der Waals surface area contributed by atoms with E-state index in [1.165, 1.54) is 12.5 Å². The second-order valence-corrected chi connectivity index (χ2v) is 10.3. The molecule has 28 heavy (non-hydrogen) atoms. The highest BCUT2D eigenvalue weighted by molar-refractivity contribution is 5.66. The van der Waals surface area contributed by atoms with E-state index in [1.807, 2.05) is 0 Å². The third-order valence-electron chi connectivity index (χ3n) is 9.21. The molecule has 1 N–H and O–H groups in total. The summed E-state index contributed by atoms with van der Waals surface area (Å²) in [6.07, 6.45) is 8.61. The maximum absolute atomic E-state index is 11.4. The summed E-state index contributed by atoms with van der Waals surface area (Å²) in [6, 6.07) is 0. The zero-order valence-electron chi connectivity index (χ0n) is 17.4. The van der Waals surface area contributed by atoms with Gasteiger partial charge in [-0.15, -0.1) is 0 Å². The molecule has 0 amide bonds. The van der Waals surface area contributed by atoms with Gasteiger partial charge in [0.05, 0.1) is 19.3 Å². The normalized spacial score (nSPS) is 49.1. The van der Waals surface area contributed by atoms with E-state index in [-0.39, 0.29) is 28.8 Å². The van der Waals surface area contributed by atoms with Crippen molar-refractivity contribution >= 4 is 5.97 Å². The fourth-order valence-corrected chi connectivity index (χ4v) is 7.84. The number of fused-ring (bicyclic) bond motifs is 6. The summed E-state index contributed by atoms with van der Waals surface area (Å²) in [5.41, 5.74) is 1.40. The van der Waals surface area contributed by atoms with Crippen molar-refractivity contribution in [2.24, 2.45) is 28.6 Å². The summed E-state index contributed by atoms with van der Waals surface area (Å²) in [7, 11) is 0. The van der Waals surface area contributed by atoms with Crippen LogP contribution in [0.15, 0.2) is 11.6 Å². The predicted octanol–water partition coefficient (Wildman–Crippen LogP) is 3.59. The van der Waals surface area contributed by atoms with Crippen LogP contribution in [0.4, 0.5) is 0 Å². The van der Waals surface area contributed by atoms with Gasteiger partial charge in [-0.3, -0.25) is 4.79 Å². The first-order chi connectivity index (χ1) is 13.3. The van der Waals surface area contributed by atoms with Crippen molar-refractivity contribution in [2.75, 3.05) is 13.2 Å². The Bertz CT molecular complexity index is 695. The number of aliphatic hydroxyl groups excluding tert-OH is 1. The van der Waals surface area contributed by atoms with Crippen LogP contribution in [0.1, 0.15) is 65.7 Å². The second kappa shape index (κ2) is 6.29. The molecule has 1 heterocycles. The highest BCUT2D eigenvalue weighted by Gasteiger charge is 2.67. The summed E-state index contributed by atoms with van der Waals surface area (Å²) in [5, 5.41) is 11.3. The lowest BCUT2D eigenvalue weighted by Crippen LogP contribution is -2.58. The molecule has 0 aromatic rings. The summed E-state index contributed by atoms with van der Waals surface area (Å²) in [5.74, 6) is 0.547. The van der Waals surface area contributed by atoms with E-state index >= 15 is 0 Å². The quantitative estimate of drug-likeness (QED) is 0.547. The van der Waals surface area contributed by atoms with Gasteiger partial charge in [0.25, 0.3) is 0 Å². The molecule has 0 aromatic heterocycles. The van der Waals surface area contributed by atoms with Crippen molar-refractivity contribution in [3.05, 3.63) is 11.6 Å². The smallest absolute Gasteiger partial charge is 0.302 e. The van der Waals surface area contributed by atoms with Crippen molar-refractivity contribution in [3.8, 4) is 0 Å². The van der Waals surface area contributed by atoms with Crippen LogP contribution in [0.5, 0.6) is 0 Å². The largest absolute Gasteiger partial charge is 0.462 e. The number of carbonyl (C=O) groups excluding carboxylic acids is 1. The van der Waals surface area contributed by atoms with Crippen LogP contribution in [-0.4, -0.2) is 42.3 Å². The lowest BCUT2D eigenvalue weighted by Gasteiger charge is -2.59. The van der Waals surface area contributed by atoms with Gasteiger partial charge in [0.15, 0.2) is 5.79 Å². The summed E-state index contributed by atoms with van der Waals surface area (Å²) in [6.45, 7) is 7.61. The average molecular weight is 391 g/mol. The molecule has 1 spiro atoms. The van der Waals surface area contributed by atoms with Crippen molar-refractivity contribution in [3.63, 3.8) is 0 Å². The number of esters is 1. The van der Waals surface area contributed by atoms with Crippen molar-refractivity contribution in [1.82, 2.24) is 0 Å². The van der Waals surface area contributed by atoms with Crippen LogP contribution in [-0.2, 0) is 19.0 Å². The zero-order chi connectivity index (χ0) is 19.7. The van der Waals surface area contributed by atoms with Gasteiger partial charge in [0, 0.05) is 25.2 Å². The molecule has 5 aliphatic rings. The summed E-state index contributed by atoms with van der Waals surface area (Å²) < 4.78 is 17.9. The van der Waals surface area contributed by atoms with Crippen molar-refractivity contribution < 1.29 is 24.1 Å². The molecule has 4 fully saturated rings. The highest BCUT2D eigenvalue weighted by Crippen LogP contribution is 2.68. The first-order valence-electron chi connectivity index (χ1n) is 11.1. The van der Waals surface area contributed by atoms with Gasteiger partial charge in [-0.05, 0) is 55.3 Å². The molecule has 1 aliphatic heterocycles. The fraction of sp³-hybridized carbons (Fsp3) is 0.870. The number of rotatable bonds is 1. The molecule has 0 unspecified atom stereocenters. The minimum atomic E-state index is -0.430. The van der Waals surface area contributed by atoms with Gasteiger partial charge in [-0.25, -0.2) is 0 Å². The average Bonchev–Trinajstić information content (AvgIpc) is 3.23. The molecule has 156 valence electrons. The van der Waals surface area contributed by atoms with Crippen LogP contribution in [0.3, 0.4) is 0 Å². The minimum Gasteiger partial charge on any atom is -0.462 e. The molecular formula is C23H34O5. The maximum Gasteiger partial charge on any atom is 0.302 e. The first-order valence-corrected chi connectivity index (χ1v) is 11.1. The summed E-state index contributed by atoms with van der Waals surface area (Å²) in [4.78, 5) is 11.4. The topological polar surface area (TPSA) is 65.0 Å². The lowest BCUT2D eigenvalue weighted by atomic mass is 9.47. The monoisotopic (exact) mass is 390 g/mol. The molecule has 5 nitrogen and oxygen atoms in total. The van der Waals surface area contributed by atoms with E-state index in [0.29, 0.717) is 25.0 Å². The first kappa shape index (κ1) is 19.1. The third-order valence-corrected chi connectivity index (χ3v) is 9.21. The molecule has 3 saturated carbocycles. The van der Waals surface area contributed by atoms with Gasteiger partial charge in [-0.1, -0.05) is 25.5 Å². The molecule has 7 atom stereocenters. The van der Waals surface area contributed by atoms with E-state index in [4.69, 9.17) is 14.2 Å². The molecule has 1 saturated heterocycles. The Hall–Kier alpha value is -0.910. The Morgan fingerprint density at radius 2 is 1.82 bits per heavy atom. The Morgan fingerprint density at radius 1 is 1.11 bits per heavy atom. The highest BCUT2D eigenvalue weighted by atomic mass is 16.7. The predicted molar refractivity (Wildman–Crippen MR) is 103 cm³/mol. The molecule has 4 aliphatic carbocycles. The van der Waals surface area contributed by atoms with Crippen molar-refractivity contribution in [2.45, 2.75) is 83.7 Å². The number of ether oxygens (including phenoxy) is 3. The fourth-order valence-electron chi connectivity index (χ4n) is 7.84. The SMILES string of the molecule is CC(=O)O[C@@H]1CC[C@@]2(C)C(=C[C@@H](O)[C@@H]3[C@@H]2CC[C@@]2(C)[C@H]3CCC23OCCO3)C1. The van der Waals surface area contributed by atoms with Gasteiger partial charge >= 0.3 is 5.97 Å². The zero-order valence-corrected chi connectivity index (χ0v) is 17.4. The molecular weight excluding hydrogens is 356 g/mol. The van der Waals surface area contributed by atoms with Crippen LogP contribution < -0.4 is 0 Å². The van der Waals surface area contributed by atoms with Crippen LogP contribution in [0, 0.1) is 28.6 Å². The summed E-state index contributed by atoms with van der Waals surface area (Å²) >= 11 is 0. The van der Waals surface area contributed by atoms with Crippen LogP contribution in [0.25, 0.3) is 0 Å². The molecule has 0 radical (unpaired) electrons. The van der Waals surface area contributed by atoms with E-state index in [0.717, 1.165) is 44.9 Å². The Kier molecular flexibility index (Phi) is 4.29. The Labute approximate surface area is 167 Å². The second-order valence-electron chi connectivity index (χ2n) is 10.3. The van der Waals surface area contributed by atoms with Gasteiger partial charge in [0.2, 0.25) is 0 Å². The van der Waals surface area contributed by atoms with E-state index in [2.05, 4.69) is 19.9 Å². The lowest BCUT2D eigenvalue weighted by molar-refractivity contribution is -0.246. The van der Waals surface area contributed by atoms with Crippen LogP contribution >= 0.6 is 0 Å². The molecule has 0 bridgehead atoms. The molecule has 5 heteroatoms. The number of hydrogen-bond acceptors (Lipinski definition) is 5. The molecule has 5 rings (SSSR count). The number of hydrogen-bond donors (Lipinski definition) is 1. The van der Waals surface area contributed by atoms with Gasteiger partial charge in [-0.2, -0.15) is 0 Å². The van der Waals surface area contributed by atoms with Crippen LogP contribution in [0.2, 0.25) is 0 Å². The molecule has 0 aromatic carbocycles. The Balaban J connectivity index is 1.46. The maximum atomic E-state index is 11.4. The van der Waals surface area contributed by atoms with E-state index in [9.17, 15) is 9.90 Å². The Morgan fingerprint density at radius 3 is 2.54 bits per heavy atom. The number of aliphatic hydroxyl groups is 1.